The molecule has 0 aromatic carbocycles. The van der Waals surface area contributed by atoms with Gasteiger partial charge in [0.15, 0.2) is 5.82 Å². The fourth-order valence-corrected chi connectivity index (χ4v) is 4.74. The number of rotatable bonds is 8. The summed E-state index contributed by atoms with van der Waals surface area (Å²) < 4.78 is 0. The van der Waals surface area contributed by atoms with Crippen LogP contribution in [-0.2, 0) is 0 Å². The molecule has 2 fully saturated rings. The number of nitrogens with zero attached hydrogens (tertiary/aromatic N) is 4. The van der Waals surface area contributed by atoms with E-state index in [4.69, 9.17) is 9.97 Å². The molecule has 0 spiro atoms. The number of piperidine rings is 1. The molecule has 3 aromatic heterocycles. The van der Waals surface area contributed by atoms with Crippen molar-refractivity contribution in [3.63, 3.8) is 0 Å². The number of hydrogen-bond acceptors (Lipinski definition) is 7. The van der Waals surface area contributed by atoms with Crippen LogP contribution < -0.4 is 16.0 Å². The molecule has 1 atom stereocenters. The molecule has 7 heteroatoms. The van der Waals surface area contributed by atoms with Gasteiger partial charge < -0.3 is 16.0 Å². The third kappa shape index (κ3) is 5.31. The normalized spacial score (nSPS) is 19.4. The van der Waals surface area contributed by atoms with Crippen molar-refractivity contribution >= 4 is 22.5 Å². The third-order valence-electron chi connectivity index (χ3n) is 6.97. The first-order chi connectivity index (χ1) is 17.3. The van der Waals surface area contributed by atoms with Gasteiger partial charge in [0.1, 0.15) is 11.6 Å². The van der Waals surface area contributed by atoms with Gasteiger partial charge in [0.05, 0.1) is 11.7 Å². The molecule has 0 amide bonds. The number of aromatic nitrogens is 4. The van der Waals surface area contributed by atoms with Gasteiger partial charge in [-0.2, -0.15) is 0 Å². The molecule has 186 valence electrons. The van der Waals surface area contributed by atoms with Gasteiger partial charge in [0.25, 0.3) is 0 Å². The molecular weight excluding hydrogens is 446 g/mol. The lowest BCUT2D eigenvalue weighted by Gasteiger charge is -2.40. The van der Waals surface area contributed by atoms with E-state index in [1.165, 1.54) is 18.4 Å². The number of pyridine rings is 2. The molecule has 3 N–H and O–H groups in total. The minimum absolute atomic E-state index is 0.105. The Morgan fingerprint density at radius 2 is 1.97 bits per heavy atom. The van der Waals surface area contributed by atoms with Gasteiger partial charge in [-0.3, -0.25) is 4.98 Å². The second kappa shape index (κ2) is 9.82. The van der Waals surface area contributed by atoms with Crippen LogP contribution in [0.2, 0.25) is 0 Å². The average molecular weight is 482 g/mol. The third-order valence-corrected chi connectivity index (χ3v) is 6.97. The lowest BCUT2D eigenvalue weighted by atomic mass is 9.80. The highest BCUT2D eigenvalue weighted by Gasteiger charge is 2.34. The molecule has 1 aliphatic carbocycles. The first-order valence-corrected chi connectivity index (χ1v) is 12.7. The van der Waals surface area contributed by atoms with Crippen molar-refractivity contribution in [2.24, 2.45) is 5.41 Å². The predicted octanol–water partition coefficient (Wildman–Crippen LogP) is 5.82. The highest BCUT2D eigenvalue weighted by Crippen LogP contribution is 2.44. The van der Waals surface area contributed by atoms with Crippen molar-refractivity contribution in [1.82, 2.24) is 25.3 Å². The monoisotopic (exact) mass is 481 g/mol. The largest absolute Gasteiger partial charge is 0.366 e. The summed E-state index contributed by atoms with van der Waals surface area (Å²) in [7, 11) is 0. The smallest absolute Gasteiger partial charge is 0.162 e. The molecule has 1 aliphatic heterocycles. The molecule has 4 heterocycles. The molecule has 0 bridgehead atoms. The van der Waals surface area contributed by atoms with Gasteiger partial charge in [-0.1, -0.05) is 38.7 Å². The Morgan fingerprint density at radius 3 is 2.72 bits per heavy atom. The zero-order chi connectivity index (χ0) is 25.3. The lowest BCUT2D eigenvalue weighted by Crippen LogP contribution is -2.49. The quantitative estimate of drug-likeness (QED) is 0.349. The number of anilines is 2. The average Bonchev–Trinajstić information content (AvgIpc) is 3.69. The van der Waals surface area contributed by atoms with Crippen LogP contribution in [0.4, 0.5) is 11.6 Å². The molecule has 7 nitrogen and oxygen atoms in total. The molecule has 36 heavy (non-hydrogen) atoms. The fourth-order valence-electron chi connectivity index (χ4n) is 4.74. The lowest BCUT2D eigenvalue weighted by molar-refractivity contribution is 0.236. The Balaban J connectivity index is 1.54. The zero-order valence-electron chi connectivity index (χ0n) is 21.4. The van der Waals surface area contributed by atoms with Crippen molar-refractivity contribution in [3.8, 4) is 11.4 Å². The van der Waals surface area contributed by atoms with Crippen LogP contribution in [0, 0.1) is 5.41 Å². The summed E-state index contributed by atoms with van der Waals surface area (Å²) in [5, 5.41) is 11.7. The first-order valence-electron chi connectivity index (χ1n) is 12.7. The molecule has 1 saturated heterocycles. The number of hydrogen-bond donors (Lipinski definition) is 3. The summed E-state index contributed by atoms with van der Waals surface area (Å²) in [5.41, 5.74) is 4.81. The highest BCUT2D eigenvalue weighted by molar-refractivity contribution is 5.93. The van der Waals surface area contributed by atoms with Crippen molar-refractivity contribution in [2.45, 2.75) is 52.0 Å². The highest BCUT2D eigenvalue weighted by atomic mass is 15.1. The number of fused-ring (bicyclic) bond motifs is 1. The van der Waals surface area contributed by atoms with Crippen molar-refractivity contribution in [2.75, 3.05) is 23.7 Å². The predicted molar refractivity (Wildman–Crippen MR) is 148 cm³/mol. The van der Waals surface area contributed by atoms with E-state index in [0.717, 1.165) is 53.1 Å². The summed E-state index contributed by atoms with van der Waals surface area (Å²) in [5.74, 6) is 2.79. The van der Waals surface area contributed by atoms with Crippen LogP contribution in [0.5, 0.6) is 0 Å². The SMILES string of the molecule is C=C(C)/C=C\C(=C)Nc1cc(-c2nc(NC3CCNCC3(C)C)c3c(C4CC4)cncc3n2)ccn1. The van der Waals surface area contributed by atoms with E-state index < -0.39 is 0 Å². The maximum atomic E-state index is 5.11. The zero-order valence-corrected chi connectivity index (χ0v) is 21.4. The second-order valence-corrected chi connectivity index (χ2v) is 10.7. The van der Waals surface area contributed by atoms with E-state index >= 15 is 0 Å². The van der Waals surface area contributed by atoms with Crippen LogP contribution in [0.1, 0.15) is 51.5 Å². The molecule has 0 radical (unpaired) electrons. The van der Waals surface area contributed by atoms with Gasteiger partial charge in [-0.25, -0.2) is 15.0 Å². The Morgan fingerprint density at radius 1 is 1.14 bits per heavy atom. The number of allylic oxidation sites excluding steroid dienone is 3. The standard InChI is InChI=1S/C29H35N7/c1-18(2)6-7-19(3)33-25-14-21(10-13-32-25)27-34-23-16-31-15-22(20-8-9-20)26(23)28(36-27)35-24-11-12-30-17-29(24,4)5/h6-7,10,13-16,20,24,30H,1,3,8-9,11-12,17H2,2,4-5H3,(H,32,33)(H,34,35,36)/b7-6-. The van der Waals surface area contributed by atoms with Crippen LogP contribution >= 0.6 is 0 Å². The van der Waals surface area contributed by atoms with Gasteiger partial charge in [0.2, 0.25) is 0 Å². The summed E-state index contributed by atoms with van der Waals surface area (Å²) in [6.45, 7) is 16.5. The van der Waals surface area contributed by atoms with E-state index in [1.54, 1.807) is 6.20 Å². The van der Waals surface area contributed by atoms with Gasteiger partial charge in [-0.05, 0) is 67.8 Å². The summed E-state index contributed by atoms with van der Waals surface area (Å²) >= 11 is 0. The summed E-state index contributed by atoms with van der Waals surface area (Å²) in [4.78, 5) is 19.1. The minimum atomic E-state index is 0.105. The molecule has 2 aliphatic rings. The Kier molecular flexibility index (Phi) is 6.58. The molecule has 1 unspecified atom stereocenters. The van der Waals surface area contributed by atoms with Gasteiger partial charge in [-0.15, -0.1) is 0 Å². The maximum Gasteiger partial charge on any atom is 0.162 e. The Labute approximate surface area is 213 Å². The van der Waals surface area contributed by atoms with Crippen LogP contribution in [0.15, 0.2) is 67.3 Å². The van der Waals surface area contributed by atoms with Crippen LogP contribution in [0.25, 0.3) is 22.3 Å². The second-order valence-electron chi connectivity index (χ2n) is 10.7. The summed E-state index contributed by atoms with van der Waals surface area (Å²) in [6.07, 6.45) is 12.9. The van der Waals surface area contributed by atoms with E-state index in [2.05, 4.69) is 52.9 Å². The van der Waals surface area contributed by atoms with E-state index in [9.17, 15) is 0 Å². The Hall–Kier alpha value is -3.58. The van der Waals surface area contributed by atoms with Crippen molar-refractivity contribution in [3.05, 3.63) is 72.9 Å². The van der Waals surface area contributed by atoms with Crippen LogP contribution in [0.3, 0.4) is 0 Å². The van der Waals surface area contributed by atoms with Crippen molar-refractivity contribution in [1.29, 1.82) is 0 Å². The van der Waals surface area contributed by atoms with Gasteiger partial charge >= 0.3 is 0 Å². The number of nitrogens with one attached hydrogen (secondary N) is 3. The minimum Gasteiger partial charge on any atom is -0.366 e. The van der Waals surface area contributed by atoms with E-state index in [0.29, 0.717) is 23.6 Å². The first kappa shape index (κ1) is 24.1. The van der Waals surface area contributed by atoms with E-state index in [1.807, 2.05) is 43.6 Å². The molecule has 3 aromatic rings. The summed E-state index contributed by atoms with van der Waals surface area (Å²) in [6, 6.07) is 4.20. The molecule has 5 rings (SSSR count). The van der Waals surface area contributed by atoms with E-state index in [-0.39, 0.29) is 5.41 Å². The molecular formula is C29H35N7. The topological polar surface area (TPSA) is 87.7 Å². The maximum absolute atomic E-state index is 5.11. The Bertz CT molecular complexity index is 1340. The van der Waals surface area contributed by atoms with Crippen molar-refractivity contribution < 1.29 is 0 Å². The fraction of sp³-hybridized carbons (Fsp3) is 0.379. The molecule has 1 saturated carbocycles. The van der Waals surface area contributed by atoms with Gasteiger partial charge in [0, 0.05) is 41.6 Å². The van der Waals surface area contributed by atoms with Crippen LogP contribution in [-0.4, -0.2) is 39.1 Å².